The maximum Gasteiger partial charge on any atom is 1.00 e. The number of aliphatic carboxylic acids is 1. The first kappa shape index (κ1) is 29.3. The molecule has 0 amide bonds. The van der Waals surface area contributed by atoms with Gasteiger partial charge in [0.1, 0.15) is 0 Å². The van der Waals surface area contributed by atoms with E-state index < -0.39 is 18.0 Å². The minimum absolute atomic E-state index is 0. The molecule has 152 valence electrons. The van der Waals surface area contributed by atoms with Gasteiger partial charge in [0.15, 0.2) is 17.7 Å². The Morgan fingerprint density at radius 2 is 1.43 bits per heavy atom. The summed E-state index contributed by atoms with van der Waals surface area (Å²) in [6.07, 6.45) is 6.32. The normalized spacial score (nSPS) is 20.8. The molecule has 0 N–H and O–H groups in total. The second-order valence-corrected chi connectivity index (χ2v) is 7.16. The Bertz CT molecular complexity index is 575. The summed E-state index contributed by atoms with van der Waals surface area (Å²) in [6.45, 7) is 9.52. The van der Waals surface area contributed by atoms with Crippen molar-refractivity contribution in [3.63, 3.8) is 0 Å². The molecule has 0 aromatic carbocycles. The first-order chi connectivity index (χ1) is 12.6. The Hall–Kier alpha value is -0.950. The molecule has 0 heterocycles. The van der Waals surface area contributed by atoms with E-state index in [0.717, 1.165) is 32.1 Å². The number of ketones is 2. The number of hydrogen-bond donors (Lipinski definition) is 0. The summed E-state index contributed by atoms with van der Waals surface area (Å²) in [5.74, 6) is -1.37. The van der Waals surface area contributed by atoms with Crippen molar-refractivity contribution in [3.05, 3.63) is 24.3 Å². The van der Waals surface area contributed by atoms with Crippen molar-refractivity contribution in [3.8, 4) is 0 Å². The van der Waals surface area contributed by atoms with Gasteiger partial charge < -0.3 is 14.6 Å². The molecular weight excluding hydrogens is 395 g/mol. The molecule has 2 unspecified atom stereocenters. The zero-order chi connectivity index (χ0) is 21.0. The topological polar surface area (TPSA) is 101 Å². The third-order valence-electron chi connectivity index (χ3n) is 3.92. The largest absolute Gasteiger partial charge is 1.00 e. The molecule has 2 fully saturated rings. The maximum absolute atomic E-state index is 11.2. The van der Waals surface area contributed by atoms with E-state index in [9.17, 15) is 24.3 Å². The van der Waals surface area contributed by atoms with Crippen LogP contribution < -0.4 is 34.7 Å². The SMILES string of the molecule is C=C(C)C(=O)OC1CCCCC1=O.C=C(C)C(=O)[O-].O=C1CCCCC1Cl.[Na+]. The molecule has 8 heteroatoms. The Labute approximate surface area is 194 Å². The van der Waals surface area contributed by atoms with Gasteiger partial charge in [0.25, 0.3) is 0 Å². The number of Topliss-reactive ketones (excluding diaryl/α,β-unsaturated/α-hetero) is 2. The summed E-state index contributed by atoms with van der Waals surface area (Å²) >= 11 is 5.62. The maximum atomic E-state index is 11.2. The number of carbonyl (C=O) groups excluding carboxylic acids is 4. The molecule has 0 spiro atoms. The molecule has 0 bridgehead atoms. The molecular formula is C20H28ClNaO6. The van der Waals surface area contributed by atoms with Crippen LogP contribution in [0.5, 0.6) is 0 Å². The van der Waals surface area contributed by atoms with Crippen LogP contribution in [0.2, 0.25) is 0 Å². The van der Waals surface area contributed by atoms with Crippen molar-refractivity contribution in [2.45, 2.75) is 76.7 Å². The molecule has 0 aromatic heterocycles. The summed E-state index contributed by atoms with van der Waals surface area (Å²) in [4.78, 5) is 42.5. The Morgan fingerprint density at radius 1 is 0.964 bits per heavy atom. The standard InChI is InChI=1S/C10H14O3.C6H9ClO.C4H6O2.Na/c1-7(2)10(12)13-9-6-4-3-5-8(9)11;7-5-3-1-2-4-6(5)8;1-3(2)4(5)6;/h9H,1,3-6H2,2H3;5H,1-4H2;1H2,2H3,(H,5,6);/q;;;+1/p-1. The van der Waals surface area contributed by atoms with E-state index in [0.29, 0.717) is 24.8 Å². The van der Waals surface area contributed by atoms with E-state index in [1.54, 1.807) is 6.92 Å². The summed E-state index contributed by atoms with van der Waals surface area (Å²) in [5.41, 5.74) is 0.411. The van der Waals surface area contributed by atoms with Gasteiger partial charge in [-0.15, -0.1) is 11.6 Å². The minimum Gasteiger partial charge on any atom is -0.545 e. The fraction of sp³-hybridized carbons (Fsp3) is 0.600. The molecule has 6 nitrogen and oxygen atoms in total. The molecule has 2 rings (SSSR count). The minimum atomic E-state index is -1.19. The predicted molar refractivity (Wildman–Crippen MR) is 101 cm³/mol. The van der Waals surface area contributed by atoms with Crippen LogP contribution in [-0.2, 0) is 23.9 Å². The summed E-state index contributed by atoms with van der Waals surface area (Å²) in [7, 11) is 0. The number of alkyl halides is 1. The Balaban J connectivity index is 0. The monoisotopic (exact) mass is 422 g/mol. The molecule has 28 heavy (non-hydrogen) atoms. The van der Waals surface area contributed by atoms with Crippen LogP contribution in [0.3, 0.4) is 0 Å². The third-order valence-corrected chi connectivity index (χ3v) is 4.39. The number of esters is 1. The fourth-order valence-electron chi connectivity index (χ4n) is 2.25. The van der Waals surface area contributed by atoms with Crippen LogP contribution in [0.1, 0.15) is 65.2 Å². The van der Waals surface area contributed by atoms with Crippen LogP contribution in [0.4, 0.5) is 0 Å². The molecule has 0 aliphatic heterocycles. The number of rotatable bonds is 3. The van der Waals surface area contributed by atoms with Crippen LogP contribution in [0, 0.1) is 0 Å². The van der Waals surface area contributed by atoms with E-state index in [4.69, 9.17) is 16.3 Å². The van der Waals surface area contributed by atoms with Gasteiger partial charge in [-0.2, -0.15) is 0 Å². The van der Waals surface area contributed by atoms with E-state index >= 15 is 0 Å². The van der Waals surface area contributed by atoms with Crippen molar-refractivity contribution in [1.29, 1.82) is 0 Å². The van der Waals surface area contributed by atoms with Gasteiger partial charge in [0.2, 0.25) is 0 Å². The number of carboxylic acid groups (broad SMARTS) is 1. The quantitative estimate of drug-likeness (QED) is 0.267. The molecule has 2 atom stereocenters. The average molecular weight is 423 g/mol. The van der Waals surface area contributed by atoms with Crippen LogP contribution in [0.15, 0.2) is 24.3 Å². The zero-order valence-electron chi connectivity index (χ0n) is 17.1. The van der Waals surface area contributed by atoms with Gasteiger partial charge >= 0.3 is 35.5 Å². The van der Waals surface area contributed by atoms with E-state index in [-0.39, 0.29) is 52.1 Å². The Morgan fingerprint density at radius 3 is 1.75 bits per heavy atom. The van der Waals surface area contributed by atoms with Crippen molar-refractivity contribution >= 4 is 35.1 Å². The second-order valence-electron chi connectivity index (χ2n) is 6.63. The summed E-state index contributed by atoms with van der Waals surface area (Å²) < 4.78 is 4.98. The average Bonchev–Trinajstić information content (AvgIpc) is 2.60. The smallest absolute Gasteiger partial charge is 0.545 e. The van der Waals surface area contributed by atoms with Crippen LogP contribution in [-0.4, -0.2) is 35.0 Å². The molecule has 2 saturated carbocycles. The molecule has 0 aromatic rings. The van der Waals surface area contributed by atoms with E-state index in [2.05, 4.69) is 13.2 Å². The number of carboxylic acids is 1. The van der Waals surface area contributed by atoms with Gasteiger partial charge in [-0.25, -0.2) is 4.79 Å². The third kappa shape index (κ3) is 13.3. The summed E-state index contributed by atoms with van der Waals surface area (Å²) in [5, 5.41) is 9.33. The van der Waals surface area contributed by atoms with Gasteiger partial charge in [-0.05, 0) is 51.5 Å². The first-order valence-electron chi connectivity index (χ1n) is 8.99. The van der Waals surface area contributed by atoms with Gasteiger partial charge in [0.05, 0.1) is 11.3 Å². The molecule has 2 aliphatic carbocycles. The fourth-order valence-corrected chi connectivity index (χ4v) is 2.51. The molecule has 0 radical (unpaired) electrons. The predicted octanol–water partition coefficient (Wildman–Crippen LogP) is -0.329. The Kier molecular flexibility index (Phi) is 16.6. The molecule has 2 aliphatic rings. The first-order valence-corrected chi connectivity index (χ1v) is 9.42. The summed E-state index contributed by atoms with van der Waals surface area (Å²) in [6, 6.07) is 0. The van der Waals surface area contributed by atoms with Crippen molar-refractivity contribution in [1.82, 2.24) is 0 Å². The number of halogens is 1. The van der Waals surface area contributed by atoms with Gasteiger partial charge in [0, 0.05) is 18.4 Å². The van der Waals surface area contributed by atoms with Gasteiger partial charge in [-0.1, -0.05) is 19.6 Å². The zero-order valence-corrected chi connectivity index (χ0v) is 19.8. The number of carbonyl (C=O) groups is 4. The number of ether oxygens (including phenoxy) is 1. The van der Waals surface area contributed by atoms with Crippen molar-refractivity contribution in [2.75, 3.05) is 0 Å². The second kappa shape index (κ2) is 15.9. The van der Waals surface area contributed by atoms with Crippen LogP contribution in [0.25, 0.3) is 0 Å². The molecule has 0 saturated heterocycles. The number of hydrogen-bond acceptors (Lipinski definition) is 6. The van der Waals surface area contributed by atoms with E-state index in [1.165, 1.54) is 6.92 Å². The van der Waals surface area contributed by atoms with Gasteiger partial charge in [-0.3, -0.25) is 9.59 Å². The van der Waals surface area contributed by atoms with E-state index in [1.807, 2.05) is 0 Å². The van der Waals surface area contributed by atoms with Crippen molar-refractivity contribution in [2.24, 2.45) is 0 Å². The van der Waals surface area contributed by atoms with Crippen LogP contribution >= 0.6 is 11.6 Å². The van der Waals surface area contributed by atoms with Crippen molar-refractivity contribution < 1.29 is 58.6 Å².